The second-order valence-corrected chi connectivity index (χ2v) is 5.30. The Kier molecular flexibility index (Phi) is 8.33. The van der Waals surface area contributed by atoms with Crippen LogP contribution in [0.25, 0.3) is 0 Å². The van der Waals surface area contributed by atoms with Crippen LogP contribution in [0.4, 0.5) is 4.79 Å². The lowest BCUT2D eigenvalue weighted by atomic mass is 10.3. The first-order valence-corrected chi connectivity index (χ1v) is 8.37. The summed E-state index contributed by atoms with van der Waals surface area (Å²) in [5.74, 6) is 0.871. The van der Waals surface area contributed by atoms with E-state index in [1.165, 1.54) is 27.6 Å². The van der Waals surface area contributed by atoms with Gasteiger partial charge in [-0.05, 0) is 48.9 Å². The highest BCUT2D eigenvalue weighted by Crippen LogP contribution is 2.17. The van der Waals surface area contributed by atoms with Gasteiger partial charge in [-0.25, -0.2) is 4.79 Å². The van der Waals surface area contributed by atoms with Crippen LogP contribution in [0.2, 0.25) is 0 Å². The summed E-state index contributed by atoms with van der Waals surface area (Å²) in [7, 11) is 0. The first kappa shape index (κ1) is 16.0. The van der Waals surface area contributed by atoms with Crippen molar-refractivity contribution in [1.29, 1.82) is 0 Å². The van der Waals surface area contributed by atoms with Gasteiger partial charge in [-0.2, -0.15) is 3.71 Å². The number of rotatable bonds is 8. The van der Waals surface area contributed by atoms with Gasteiger partial charge in [0, 0.05) is 12.5 Å². The van der Waals surface area contributed by atoms with Crippen LogP contribution >= 0.6 is 23.9 Å². The summed E-state index contributed by atoms with van der Waals surface area (Å²) in [5.41, 5.74) is 0. The summed E-state index contributed by atoms with van der Waals surface area (Å²) in [4.78, 5) is 11.5. The maximum absolute atomic E-state index is 11.5. The van der Waals surface area contributed by atoms with Crippen molar-refractivity contribution >= 4 is 30.0 Å². The van der Waals surface area contributed by atoms with Crippen molar-refractivity contribution < 1.29 is 14.3 Å². The molecule has 0 aromatic heterocycles. The average molecular weight is 301 g/mol. The van der Waals surface area contributed by atoms with E-state index < -0.39 is 0 Å². The van der Waals surface area contributed by atoms with E-state index in [1.54, 1.807) is 0 Å². The molecule has 0 saturated carbocycles. The molecule has 0 radical (unpaired) electrons. The highest BCUT2D eigenvalue weighted by Gasteiger charge is 2.12. The molecule has 0 aliphatic rings. The summed E-state index contributed by atoms with van der Waals surface area (Å²) in [6.07, 6.45) is 5.04. The molecule has 1 aromatic rings. The minimum atomic E-state index is -0.302. The summed E-state index contributed by atoms with van der Waals surface area (Å²) in [5, 5.41) is 0. The molecule has 4 nitrogen and oxygen atoms in total. The Morgan fingerprint density at radius 1 is 1.11 bits per heavy atom. The van der Waals surface area contributed by atoms with E-state index in [9.17, 15) is 4.79 Å². The Labute approximate surface area is 123 Å². The van der Waals surface area contributed by atoms with E-state index in [0.717, 1.165) is 18.6 Å². The molecule has 0 heterocycles. The Balaban J connectivity index is 2.04. The minimum Gasteiger partial charge on any atom is -0.494 e. The summed E-state index contributed by atoms with van der Waals surface area (Å²) in [6, 6.07) is 9.69. The van der Waals surface area contributed by atoms with E-state index in [-0.39, 0.29) is 6.09 Å². The van der Waals surface area contributed by atoms with Crippen LogP contribution in [-0.4, -0.2) is 35.5 Å². The Morgan fingerprint density at radius 3 is 2.37 bits per heavy atom. The second-order valence-electron chi connectivity index (χ2n) is 3.61. The lowest BCUT2D eigenvalue weighted by molar-refractivity contribution is 0.138. The first-order chi connectivity index (χ1) is 9.27. The number of para-hydroxylation sites is 1. The molecule has 0 unspecified atom stereocenters. The fourth-order valence-corrected chi connectivity index (χ4v) is 2.35. The molecule has 0 saturated heterocycles. The van der Waals surface area contributed by atoms with Gasteiger partial charge in [0.2, 0.25) is 0 Å². The van der Waals surface area contributed by atoms with Crippen molar-refractivity contribution in [2.24, 2.45) is 0 Å². The number of carbonyl (C=O) groups is 1. The van der Waals surface area contributed by atoms with Gasteiger partial charge >= 0.3 is 6.09 Å². The van der Waals surface area contributed by atoms with Crippen LogP contribution in [0.15, 0.2) is 30.3 Å². The standard InChI is InChI=1S/C13H19NO3S2/c1-18-14(19-2)13(15)17-11-7-6-10-16-12-8-4-3-5-9-12/h3-5,8-9H,6-7,10-11H2,1-2H3. The maximum atomic E-state index is 11.5. The van der Waals surface area contributed by atoms with Crippen molar-refractivity contribution in [3.63, 3.8) is 0 Å². The van der Waals surface area contributed by atoms with Crippen molar-refractivity contribution in [1.82, 2.24) is 3.71 Å². The second kappa shape index (κ2) is 9.86. The van der Waals surface area contributed by atoms with Gasteiger partial charge in [0.05, 0.1) is 13.2 Å². The normalized spacial score (nSPS) is 10.0. The van der Waals surface area contributed by atoms with Crippen molar-refractivity contribution in [2.45, 2.75) is 12.8 Å². The molecule has 0 spiro atoms. The van der Waals surface area contributed by atoms with E-state index >= 15 is 0 Å². The molecule has 1 amide bonds. The zero-order chi connectivity index (χ0) is 13.9. The van der Waals surface area contributed by atoms with Crippen molar-refractivity contribution in [2.75, 3.05) is 25.7 Å². The van der Waals surface area contributed by atoms with Crippen LogP contribution in [0, 0.1) is 0 Å². The number of carbonyl (C=O) groups excluding carboxylic acids is 1. The molecule has 0 fully saturated rings. The monoisotopic (exact) mass is 301 g/mol. The predicted octanol–water partition coefficient (Wildman–Crippen LogP) is 3.84. The number of amides is 1. The van der Waals surface area contributed by atoms with E-state index in [4.69, 9.17) is 9.47 Å². The largest absolute Gasteiger partial charge is 0.494 e. The zero-order valence-corrected chi connectivity index (χ0v) is 12.8. The molecule has 0 aliphatic heterocycles. The molecule has 0 aliphatic carbocycles. The highest BCUT2D eigenvalue weighted by atomic mass is 32.2. The topological polar surface area (TPSA) is 38.8 Å². The van der Waals surface area contributed by atoms with Crippen LogP contribution in [0.5, 0.6) is 5.75 Å². The van der Waals surface area contributed by atoms with E-state index in [2.05, 4.69) is 0 Å². The highest BCUT2D eigenvalue weighted by molar-refractivity contribution is 8.12. The zero-order valence-electron chi connectivity index (χ0n) is 11.2. The first-order valence-electron chi connectivity index (χ1n) is 6.01. The predicted molar refractivity (Wildman–Crippen MR) is 81.4 cm³/mol. The van der Waals surface area contributed by atoms with Gasteiger partial charge in [0.25, 0.3) is 0 Å². The van der Waals surface area contributed by atoms with E-state index in [1.807, 2.05) is 42.8 Å². The van der Waals surface area contributed by atoms with Crippen molar-refractivity contribution in [3.8, 4) is 5.75 Å². The minimum absolute atomic E-state index is 0.302. The van der Waals surface area contributed by atoms with Gasteiger partial charge in [0.15, 0.2) is 0 Å². The fraction of sp³-hybridized carbons (Fsp3) is 0.462. The number of hydrogen-bond acceptors (Lipinski definition) is 5. The summed E-state index contributed by atoms with van der Waals surface area (Å²) in [6.45, 7) is 1.06. The third-order valence-corrected chi connectivity index (χ3v) is 4.11. The average Bonchev–Trinajstić information content (AvgIpc) is 2.45. The summed E-state index contributed by atoms with van der Waals surface area (Å²) < 4.78 is 12.2. The van der Waals surface area contributed by atoms with Crippen molar-refractivity contribution in [3.05, 3.63) is 30.3 Å². The Hall–Kier alpha value is -1.01. The number of nitrogens with zero attached hydrogens (tertiary/aromatic N) is 1. The van der Waals surface area contributed by atoms with Gasteiger partial charge in [-0.15, -0.1) is 0 Å². The van der Waals surface area contributed by atoms with Gasteiger partial charge in [-0.1, -0.05) is 18.2 Å². The van der Waals surface area contributed by atoms with Crippen LogP contribution in [-0.2, 0) is 4.74 Å². The molecule has 106 valence electrons. The molecule has 1 rings (SSSR count). The fourth-order valence-electron chi connectivity index (χ4n) is 1.35. The van der Waals surface area contributed by atoms with Gasteiger partial charge < -0.3 is 9.47 Å². The Bertz CT molecular complexity index is 358. The number of benzene rings is 1. The number of hydrogen-bond donors (Lipinski definition) is 0. The molecular weight excluding hydrogens is 282 g/mol. The lowest BCUT2D eigenvalue weighted by Crippen LogP contribution is -2.18. The maximum Gasteiger partial charge on any atom is 0.430 e. The quantitative estimate of drug-likeness (QED) is 0.539. The molecule has 0 atom stereocenters. The van der Waals surface area contributed by atoms with Gasteiger partial charge in [0.1, 0.15) is 5.75 Å². The van der Waals surface area contributed by atoms with Crippen LogP contribution in [0.1, 0.15) is 12.8 Å². The third kappa shape index (κ3) is 6.63. The molecule has 19 heavy (non-hydrogen) atoms. The third-order valence-electron chi connectivity index (χ3n) is 2.26. The Morgan fingerprint density at radius 2 is 1.74 bits per heavy atom. The molecule has 1 aromatic carbocycles. The molecule has 0 N–H and O–H groups in total. The number of unbranched alkanes of at least 4 members (excludes halogenated alkanes) is 1. The molecule has 0 bridgehead atoms. The lowest BCUT2D eigenvalue weighted by Gasteiger charge is -2.15. The SMILES string of the molecule is CSN(SC)C(=O)OCCCCOc1ccccc1. The van der Waals surface area contributed by atoms with Gasteiger partial charge in [-0.3, -0.25) is 0 Å². The summed E-state index contributed by atoms with van der Waals surface area (Å²) >= 11 is 2.68. The smallest absolute Gasteiger partial charge is 0.430 e. The van der Waals surface area contributed by atoms with Crippen LogP contribution in [0.3, 0.4) is 0 Å². The van der Waals surface area contributed by atoms with E-state index in [0.29, 0.717) is 13.2 Å². The molecule has 6 heteroatoms. The van der Waals surface area contributed by atoms with Crippen LogP contribution < -0.4 is 4.74 Å². The molecular formula is C13H19NO3S2. The number of ether oxygens (including phenoxy) is 2.